The summed E-state index contributed by atoms with van der Waals surface area (Å²) in [5.74, 6) is 1.20. The van der Waals surface area contributed by atoms with Gasteiger partial charge in [-0.25, -0.2) is 0 Å². The summed E-state index contributed by atoms with van der Waals surface area (Å²) in [5, 5.41) is 2.84. The Labute approximate surface area is 168 Å². The molecule has 7 heteroatoms. The number of ether oxygens (including phenoxy) is 3. The fraction of sp³-hybridized carbons (Fsp3) is 0.273. The fourth-order valence-electron chi connectivity index (χ4n) is 3.15. The van der Waals surface area contributed by atoms with Crippen LogP contribution in [0.4, 0.5) is 0 Å². The molecule has 0 aromatic heterocycles. The van der Waals surface area contributed by atoms with Crippen LogP contribution in [0.5, 0.6) is 11.5 Å². The molecule has 0 atom stereocenters. The second kappa shape index (κ2) is 8.79. The zero-order valence-electron chi connectivity index (χ0n) is 15.9. The first-order chi connectivity index (χ1) is 14.2. The van der Waals surface area contributed by atoms with Gasteiger partial charge in [-0.15, -0.1) is 0 Å². The van der Waals surface area contributed by atoms with Crippen LogP contribution >= 0.6 is 0 Å². The molecule has 7 nitrogen and oxygen atoms in total. The number of rotatable bonds is 5. The van der Waals surface area contributed by atoms with Crippen molar-refractivity contribution in [1.29, 1.82) is 0 Å². The molecule has 2 aromatic rings. The molecule has 29 heavy (non-hydrogen) atoms. The molecule has 2 amide bonds. The summed E-state index contributed by atoms with van der Waals surface area (Å²) in [6.07, 6.45) is 3.20. The number of nitrogens with zero attached hydrogens (tertiary/aromatic N) is 1. The monoisotopic (exact) mass is 394 g/mol. The molecular formula is C22H22N2O5. The molecule has 1 saturated heterocycles. The number of carbonyl (C=O) groups excluding carboxylic acids is 2. The minimum Gasteiger partial charge on any atom is -0.454 e. The zero-order valence-corrected chi connectivity index (χ0v) is 15.9. The molecule has 0 aliphatic carbocycles. The van der Waals surface area contributed by atoms with Crippen LogP contribution in [0, 0.1) is 0 Å². The second-order valence-corrected chi connectivity index (χ2v) is 6.77. The van der Waals surface area contributed by atoms with Crippen molar-refractivity contribution in [2.45, 2.75) is 6.54 Å². The van der Waals surface area contributed by atoms with Gasteiger partial charge >= 0.3 is 0 Å². The molecule has 2 heterocycles. The van der Waals surface area contributed by atoms with Gasteiger partial charge in [-0.2, -0.15) is 0 Å². The van der Waals surface area contributed by atoms with Crippen LogP contribution in [0.1, 0.15) is 21.5 Å². The third kappa shape index (κ3) is 4.75. The lowest BCUT2D eigenvalue weighted by molar-refractivity contribution is -0.116. The smallest absolute Gasteiger partial charge is 0.254 e. The summed E-state index contributed by atoms with van der Waals surface area (Å²) < 4.78 is 15.9. The van der Waals surface area contributed by atoms with E-state index in [1.165, 1.54) is 6.08 Å². The Bertz CT molecular complexity index is 917. The summed E-state index contributed by atoms with van der Waals surface area (Å²) in [4.78, 5) is 26.3. The van der Waals surface area contributed by atoms with Gasteiger partial charge in [0.15, 0.2) is 11.5 Å². The molecule has 0 bridgehead atoms. The van der Waals surface area contributed by atoms with Gasteiger partial charge in [-0.3, -0.25) is 9.59 Å². The Balaban J connectivity index is 1.28. The number of morpholine rings is 1. The summed E-state index contributed by atoms with van der Waals surface area (Å²) in [6, 6.07) is 12.8. The summed E-state index contributed by atoms with van der Waals surface area (Å²) in [7, 11) is 0. The minimum absolute atomic E-state index is 0.00976. The highest BCUT2D eigenvalue weighted by Gasteiger charge is 2.18. The molecule has 2 aromatic carbocycles. The van der Waals surface area contributed by atoms with Crippen LogP contribution < -0.4 is 14.8 Å². The Morgan fingerprint density at radius 3 is 2.55 bits per heavy atom. The van der Waals surface area contributed by atoms with Crippen molar-refractivity contribution in [1.82, 2.24) is 10.2 Å². The van der Waals surface area contributed by atoms with E-state index >= 15 is 0 Å². The van der Waals surface area contributed by atoms with E-state index in [1.807, 2.05) is 30.3 Å². The van der Waals surface area contributed by atoms with Gasteiger partial charge in [0, 0.05) is 31.3 Å². The molecule has 2 aliphatic rings. The zero-order chi connectivity index (χ0) is 20.1. The van der Waals surface area contributed by atoms with Crippen LogP contribution in [0.2, 0.25) is 0 Å². The van der Waals surface area contributed by atoms with E-state index in [4.69, 9.17) is 14.2 Å². The molecular weight excluding hydrogens is 372 g/mol. The molecule has 4 rings (SSSR count). The van der Waals surface area contributed by atoms with Crippen molar-refractivity contribution >= 4 is 17.9 Å². The average Bonchev–Trinajstić information content (AvgIpc) is 3.24. The first kappa shape index (κ1) is 19.0. The SMILES string of the molecule is O=C(/C=C/c1ccc2c(c1)OCO2)NCc1ccc(C(=O)N2CCOCC2)cc1. The van der Waals surface area contributed by atoms with Crippen molar-refractivity contribution in [2.75, 3.05) is 33.1 Å². The maximum atomic E-state index is 12.4. The lowest BCUT2D eigenvalue weighted by Gasteiger charge is -2.26. The number of nitrogens with one attached hydrogen (secondary N) is 1. The van der Waals surface area contributed by atoms with E-state index in [0.29, 0.717) is 49.9 Å². The third-order valence-corrected chi connectivity index (χ3v) is 4.79. The van der Waals surface area contributed by atoms with E-state index in [0.717, 1.165) is 11.1 Å². The van der Waals surface area contributed by atoms with Gasteiger partial charge < -0.3 is 24.4 Å². The lowest BCUT2D eigenvalue weighted by Crippen LogP contribution is -2.40. The van der Waals surface area contributed by atoms with Gasteiger partial charge in [0.1, 0.15) is 0 Å². The van der Waals surface area contributed by atoms with E-state index in [9.17, 15) is 9.59 Å². The molecule has 0 spiro atoms. The number of amides is 2. The Morgan fingerprint density at radius 1 is 1.00 bits per heavy atom. The van der Waals surface area contributed by atoms with Crippen molar-refractivity contribution < 1.29 is 23.8 Å². The average molecular weight is 394 g/mol. The number of hydrogen-bond acceptors (Lipinski definition) is 5. The number of benzene rings is 2. The minimum atomic E-state index is -0.198. The lowest BCUT2D eigenvalue weighted by atomic mass is 10.1. The highest BCUT2D eigenvalue weighted by atomic mass is 16.7. The van der Waals surface area contributed by atoms with Gasteiger partial charge in [0.25, 0.3) is 5.91 Å². The predicted octanol–water partition coefficient (Wildman–Crippen LogP) is 2.22. The van der Waals surface area contributed by atoms with Crippen molar-refractivity contribution in [3.63, 3.8) is 0 Å². The van der Waals surface area contributed by atoms with Crippen LogP contribution in [0.25, 0.3) is 6.08 Å². The normalized spacial score (nSPS) is 15.5. The Hall–Kier alpha value is -3.32. The van der Waals surface area contributed by atoms with E-state index in [2.05, 4.69) is 5.32 Å². The first-order valence-corrected chi connectivity index (χ1v) is 9.50. The quantitative estimate of drug-likeness (QED) is 0.787. The van der Waals surface area contributed by atoms with Crippen LogP contribution in [0.3, 0.4) is 0 Å². The summed E-state index contributed by atoms with van der Waals surface area (Å²) in [5.41, 5.74) is 2.42. The molecule has 0 radical (unpaired) electrons. The molecule has 1 fully saturated rings. The molecule has 150 valence electrons. The first-order valence-electron chi connectivity index (χ1n) is 9.50. The highest BCUT2D eigenvalue weighted by Crippen LogP contribution is 2.32. The van der Waals surface area contributed by atoms with Crippen molar-refractivity contribution in [3.05, 3.63) is 65.2 Å². The van der Waals surface area contributed by atoms with Gasteiger partial charge in [0.2, 0.25) is 12.7 Å². The predicted molar refractivity (Wildman–Crippen MR) is 107 cm³/mol. The van der Waals surface area contributed by atoms with E-state index < -0.39 is 0 Å². The number of carbonyl (C=O) groups is 2. The van der Waals surface area contributed by atoms with Crippen LogP contribution in [-0.4, -0.2) is 49.8 Å². The van der Waals surface area contributed by atoms with Gasteiger partial charge in [-0.1, -0.05) is 18.2 Å². The summed E-state index contributed by atoms with van der Waals surface area (Å²) in [6.45, 7) is 3.00. The van der Waals surface area contributed by atoms with Crippen molar-refractivity contribution in [2.24, 2.45) is 0 Å². The third-order valence-electron chi connectivity index (χ3n) is 4.79. The highest BCUT2D eigenvalue weighted by molar-refractivity contribution is 5.94. The van der Waals surface area contributed by atoms with Crippen LogP contribution in [0.15, 0.2) is 48.5 Å². The molecule has 0 unspecified atom stereocenters. The Morgan fingerprint density at radius 2 is 1.76 bits per heavy atom. The number of hydrogen-bond donors (Lipinski definition) is 1. The van der Waals surface area contributed by atoms with E-state index in [-0.39, 0.29) is 18.6 Å². The van der Waals surface area contributed by atoms with Crippen LogP contribution in [-0.2, 0) is 16.1 Å². The number of fused-ring (bicyclic) bond motifs is 1. The molecule has 1 N–H and O–H groups in total. The largest absolute Gasteiger partial charge is 0.454 e. The standard InChI is InChI=1S/C22H22N2O5/c25-21(8-4-16-3-7-19-20(13-16)29-15-28-19)23-14-17-1-5-18(6-2-17)22(26)24-9-11-27-12-10-24/h1-8,13H,9-12,14-15H2,(H,23,25)/b8-4+. The topological polar surface area (TPSA) is 77.1 Å². The van der Waals surface area contributed by atoms with Gasteiger partial charge in [0.05, 0.1) is 13.2 Å². The molecule has 0 saturated carbocycles. The second-order valence-electron chi connectivity index (χ2n) is 6.77. The summed E-state index contributed by atoms with van der Waals surface area (Å²) >= 11 is 0. The maximum Gasteiger partial charge on any atom is 0.254 e. The van der Waals surface area contributed by atoms with Crippen molar-refractivity contribution in [3.8, 4) is 11.5 Å². The maximum absolute atomic E-state index is 12.4. The fourth-order valence-corrected chi connectivity index (χ4v) is 3.15. The van der Waals surface area contributed by atoms with Gasteiger partial charge in [-0.05, 0) is 41.5 Å². The van der Waals surface area contributed by atoms with E-state index in [1.54, 1.807) is 23.1 Å². The Kier molecular flexibility index (Phi) is 5.76. The molecule has 2 aliphatic heterocycles.